The first-order chi connectivity index (χ1) is 21.1. The van der Waals surface area contributed by atoms with Crippen molar-refractivity contribution in [2.24, 2.45) is 0 Å². The maximum absolute atomic E-state index is 13.6. The van der Waals surface area contributed by atoms with Crippen LogP contribution in [-0.4, -0.2) is 46.5 Å². The van der Waals surface area contributed by atoms with Crippen LogP contribution in [0.2, 0.25) is 0 Å². The molecule has 0 heterocycles. The van der Waals surface area contributed by atoms with Crippen molar-refractivity contribution >= 4 is 29.7 Å². The van der Waals surface area contributed by atoms with E-state index in [2.05, 4.69) is 10.6 Å². The highest BCUT2D eigenvalue weighted by atomic mass is 32.2. The number of carbonyl (C=O) groups is 3. The molecule has 2 amide bonds. The number of carbonyl (C=O) groups excluding carboxylic acids is 2. The highest BCUT2D eigenvalue weighted by Crippen LogP contribution is 2.48. The quantitative estimate of drug-likeness (QED) is 0.160. The molecule has 0 aliphatic heterocycles. The first kappa shape index (κ1) is 32.4. The summed E-state index contributed by atoms with van der Waals surface area (Å²) in [6.07, 6.45) is -0.598. The number of hydrogen-bond donors (Lipinski definition) is 3. The van der Waals surface area contributed by atoms with Crippen LogP contribution in [0.4, 0.5) is 4.79 Å². The lowest BCUT2D eigenvalue weighted by molar-refractivity contribution is -0.141. The van der Waals surface area contributed by atoms with Crippen molar-refractivity contribution in [3.63, 3.8) is 0 Å². The summed E-state index contributed by atoms with van der Waals surface area (Å²) in [5.74, 6) is -1.74. The largest absolute Gasteiger partial charge is 0.480 e. The van der Waals surface area contributed by atoms with E-state index in [1.165, 1.54) is 11.8 Å². The summed E-state index contributed by atoms with van der Waals surface area (Å²) in [5.41, 5.74) is 2.97. The van der Waals surface area contributed by atoms with Crippen LogP contribution in [0.3, 0.4) is 0 Å². The monoisotopic (exact) mass is 610 g/mol. The molecule has 0 fully saturated rings. The summed E-state index contributed by atoms with van der Waals surface area (Å²) in [6, 6.07) is 36.7. The summed E-state index contributed by atoms with van der Waals surface area (Å²) < 4.78 is 4.63. The molecule has 8 heteroatoms. The number of hydrogen-bond acceptors (Lipinski definition) is 5. The first-order valence-electron chi connectivity index (χ1n) is 14.5. The highest BCUT2D eigenvalue weighted by Gasteiger charge is 2.39. The molecule has 0 saturated heterocycles. The minimum atomic E-state index is -1.25. The molecule has 0 saturated carbocycles. The molecule has 3 N–H and O–H groups in total. The second kappa shape index (κ2) is 14.8. The van der Waals surface area contributed by atoms with E-state index in [0.717, 1.165) is 22.3 Å². The van der Waals surface area contributed by atoms with Crippen molar-refractivity contribution in [1.82, 2.24) is 10.6 Å². The zero-order valence-electron chi connectivity index (χ0n) is 25.1. The molecule has 44 heavy (non-hydrogen) atoms. The average Bonchev–Trinajstić information content (AvgIpc) is 3.01. The smallest absolute Gasteiger partial charge is 0.408 e. The van der Waals surface area contributed by atoms with Crippen molar-refractivity contribution in [3.8, 4) is 0 Å². The van der Waals surface area contributed by atoms with E-state index in [9.17, 15) is 19.5 Å². The fraction of sp³-hybridized carbons (Fsp3) is 0.250. The fourth-order valence-corrected chi connectivity index (χ4v) is 6.48. The van der Waals surface area contributed by atoms with Crippen molar-refractivity contribution < 1.29 is 24.2 Å². The van der Waals surface area contributed by atoms with Crippen LogP contribution in [0.15, 0.2) is 121 Å². The van der Waals surface area contributed by atoms with E-state index in [1.807, 2.05) is 121 Å². The zero-order chi connectivity index (χ0) is 31.6. The van der Waals surface area contributed by atoms with Gasteiger partial charge in [-0.05, 0) is 43.0 Å². The van der Waals surface area contributed by atoms with Gasteiger partial charge in [0.25, 0.3) is 0 Å². The van der Waals surface area contributed by atoms with E-state index < -0.39 is 40.4 Å². The van der Waals surface area contributed by atoms with Crippen molar-refractivity contribution in [2.45, 2.75) is 49.6 Å². The first-order valence-corrected chi connectivity index (χ1v) is 15.4. The third-order valence-corrected chi connectivity index (χ3v) is 8.55. The molecule has 4 rings (SSSR count). The Morgan fingerprint density at radius 2 is 1.11 bits per heavy atom. The van der Waals surface area contributed by atoms with Crippen LogP contribution in [0.5, 0.6) is 0 Å². The number of rotatable bonds is 12. The number of nitrogens with one attached hydrogen (secondary N) is 2. The summed E-state index contributed by atoms with van der Waals surface area (Å²) in [5, 5.41) is 15.6. The number of carboxylic acids is 1. The molecule has 0 bridgehead atoms. The Hall–Kier alpha value is -4.56. The van der Waals surface area contributed by atoms with E-state index >= 15 is 0 Å². The van der Waals surface area contributed by atoms with Crippen LogP contribution in [-0.2, 0) is 25.5 Å². The second-order valence-corrected chi connectivity index (χ2v) is 12.6. The summed E-state index contributed by atoms with van der Waals surface area (Å²) in [6.45, 7) is 5.19. The van der Waals surface area contributed by atoms with Crippen molar-refractivity contribution in [2.75, 3.05) is 5.75 Å². The Morgan fingerprint density at radius 3 is 1.52 bits per heavy atom. The number of benzene rings is 4. The standard InChI is InChI=1S/C36H38N2O5S/c1-35(2,3)43-34(42)38-30(24-26-16-8-4-9-17-26)32(39)37-31(33(40)41)25-44-36(27-18-10-5-11-19-27,28-20-12-6-13-21-28)29-22-14-7-15-23-29/h4-23,30-31H,24-25H2,1-3H3,(H,37,39)(H,38,42)(H,40,41)/t30-,31?/m0/s1. The minimum absolute atomic E-state index is 0.0459. The Kier molecular flexibility index (Phi) is 10.8. The normalized spacial score (nSPS) is 12.9. The lowest BCUT2D eigenvalue weighted by Gasteiger charge is -2.36. The Morgan fingerprint density at radius 1 is 0.682 bits per heavy atom. The van der Waals surface area contributed by atoms with Crippen LogP contribution in [0.25, 0.3) is 0 Å². The van der Waals surface area contributed by atoms with Gasteiger partial charge in [0.05, 0.1) is 4.75 Å². The molecule has 7 nitrogen and oxygen atoms in total. The number of ether oxygens (including phenoxy) is 1. The van der Waals surface area contributed by atoms with Gasteiger partial charge in [-0.25, -0.2) is 9.59 Å². The SMILES string of the molecule is CC(C)(C)OC(=O)N[C@@H](Cc1ccccc1)C(=O)NC(CSC(c1ccccc1)(c1ccccc1)c1ccccc1)C(=O)O. The molecule has 4 aromatic rings. The van der Waals surface area contributed by atoms with Crippen LogP contribution in [0, 0.1) is 0 Å². The maximum Gasteiger partial charge on any atom is 0.408 e. The van der Waals surface area contributed by atoms with Gasteiger partial charge in [0, 0.05) is 12.2 Å². The van der Waals surface area contributed by atoms with Gasteiger partial charge < -0.3 is 20.5 Å². The summed E-state index contributed by atoms with van der Waals surface area (Å²) >= 11 is 1.44. The summed E-state index contributed by atoms with van der Waals surface area (Å²) in [7, 11) is 0. The van der Waals surface area contributed by atoms with Gasteiger partial charge in [0.1, 0.15) is 17.7 Å². The fourth-order valence-electron chi connectivity index (χ4n) is 4.93. The van der Waals surface area contributed by atoms with Crippen molar-refractivity contribution in [1.29, 1.82) is 0 Å². The Labute approximate surface area is 263 Å². The molecule has 228 valence electrons. The van der Waals surface area contributed by atoms with E-state index in [1.54, 1.807) is 20.8 Å². The van der Waals surface area contributed by atoms with E-state index in [0.29, 0.717) is 0 Å². The molecule has 0 aliphatic carbocycles. The number of carboxylic acid groups (broad SMARTS) is 1. The molecular formula is C36H38N2O5S. The predicted octanol–water partition coefficient (Wildman–Crippen LogP) is 6.42. The number of aliphatic carboxylic acids is 1. The Balaban J connectivity index is 1.64. The van der Waals surface area contributed by atoms with E-state index in [4.69, 9.17) is 4.74 Å². The summed E-state index contributed by atoms with van der Waals surface area (Å²) in [4.78, 5) is 38.9. The second-order valence-electron chi connectivity index (χ2n) is 11.4. The van der Waals surface area contributed by atoms with Gasteiger partial charge in [-0.2, -0.15) is 0 Å². The van der Waals surface area contributed by atoms with Gasteiger partial charge in [0.2, 0.25) is 5.91 Å². The topological polar surface area (TPSA) is 105 Å². The van der Waals surface area contributed by atoms with Crippen molar-refractivity contribution in [3.05, 3.63) is 144 Å². The number of thioether (sulfide) groups is 1. The molecular weight excluding hydrogens is 572 g/mol. The Bertz CT molecular complexity index is 1410. The van der Waals surface area contributed by atoms with Gasteiger partial charge in [-0.3, -0.25) is 4.79 Å². The molecule has 1 unspecified atom stereocenters. The average molecular weight is 611 g/mol. The lowest BCUT2D eigenvalue weighted by Crippen LogP contribution is -2.54. The van der Waals surface area contributed by atoms with Gasteiger partial charge in [-0.1, -0.05) is 121 Å². The molecule has 0 spiro atoms. The minimum Gasteiger partial charge on any atom is -0.480 e. The molecule has 0 aliphatic rings. The van der Waals surface area contributed by atoms with Gasteiger partial charge in [-0.15, -0.1) is 11.8 Å². The predicted molar refractivity (Wildman–Crippen MR) is 175 cm³/mol. The maximum atomic E-state index is 13.6. The number of amides is 2. The third-order valence-electron chi connectivity index (χ3n) is 6.91. The van der Waals surface area contributed by atoms with Gasteiger partial charge in [0.15, 0.2) is 0 Å². The van der Waals surface area contributed by atoms with E-state index in [-0.39, 0.29) is 12.2 Å². The highest BCUT2D eigenvalue weighted by molar-refractivity contribution is 8.00. The molecule has 0 aromatic heterocycles. The van der Waals surface area contributed by atoms with Crippen LogP contribution < -0.4 is 10.6 Å². The molecule has 0 radical (unpaired) electrons. The third kappa shape index (κ3) is 8.51. The molecule has 2 atom stereocenters. The van der Waals surface area contributed by atoms with Crippen LogP contribution in [0.1, 0.15) is 43.0 Å². The zero-order valence-corrected chi connectivity index (χ0v) is 25.9. The lowest BCUT2D eigenvalue weighted by atomic mass is 9.84. The number of alkyl carbamates (subject to hydrolysis) is 1. The van der Waals surface area contributed by atoms with Gasteiger partial charge >= 0.3 is 12.1 Å². The van der Waals surface area contributed by atoms with Crippen LogP contribution >= 0.6 is 11.8 Å². The molecule has 4 aromatic carbocycles.